The van der Waals surface area contributed by atoms with Crippen molar-refractivity contribution in [2.24, 2.45) is 10.8 Å². The first-order valence-corrected chi connectivity index (χ1v) is 5.40. The summed E-state index contributed by atoms with van der Waals surface area (Å²) in [4.78, 5) is 7.53. The predicted octanol–water partition coefficient (Wildman–Crippen LogP) is 1.02. The highest BCUT2D eigenvalue weighted by Gasteiger charge is 2.05. The van der Waals surface area contributed by atoms with Crippen LogP contribution in [0.25, 0.3) is 0 Å². The fourth-order valence-electron chi connectivity index (χ4n) is 1.14. The first-order valence-electron chi connectivity index (χ1n) is 4.52. The van der Waals surface area contributed by atoms with E-state index in [1.54, 1.807) is 11.3 Å². The monoisotopic (exact) mass is 212 g/mol. The molecule has 0 amide bonds. The van der Waals surface area contributed by atoms with Gasteiger partial charge in [0.2, 0.25) is 5.96 Å². The number of hydrogen-bond donors (Lipinski definition) is 2. The third-order valence-electron chi connectivity index (χ3n) is 1.77. The van der Waals surface area contributed by atoms with Gasteiger partial charge in [-0.15, -0.1) is 11.3 Å². The van der Waals surface area contributed by atoms with Gasteiger partial charge < -0.3 is 4.90 Å². The number of thiophene rings is 1. The van der Waals surface area contributed by atoms with Gasteiger partial charge in [0.15, 0.2) is 0 Å². The van der Waals surface area contributed by atoms with Crippen LogP contribution in [0.1, 0.15) is 11.8 Å². The lowest BCUT2D eigenvalue weighted by Gasteiger charge is -2.19. The molecule has 0 atom stereocenters. The number of guanidine groups is 1. The van der Waals surface area contributed by atoms with Gasteiger partial charge in [0, 0.05) is 18.5 Å². The molecule has 78 valence electrons. The smallest absolute Gasteiger partial charge is 0.208 e. The molecule has 1 aromatic heterocycles. The van der Waals surface area contributed by atoms with Crippen molar-refractivity contribution in [2.75, 3.05) is 13.6 Å². The zero-order valence-corrected chi connectivity index (χ0v) is 9.34. The summed E-state index contributed by atoms with van der Waals surface area (Å²) >= 11 is 1.73. The lowest BCUT2D eigenvalue weighted by molar-refractivity contribution is 0.482. The molecule has 0 unspecified atom stereocenters. The van der Waals surface area contributed by atoms with Crippen molar-refractivity contribution in [1.82, 2.24) is 10.3 Å². The van der Waals surface area contributed by atoms with E-state index in [1.165, 1.54) is 4.88 Å². The number of nitrogens with one attached hydrogen (secondary N) is 1. The summed E-state index contributed by atoms with van der Waals surface area (Å²) in [5.74, 6) is 6.09. The topological polar surface area (TPSA) is 53.6 Å². The van der Waals surface area contributed by atoms with Crippen molar-refractivity contribution in [3.63, 3.8) is 0 Å². The Kier molecular flexibility index (Phi) is 4.42. The second-order valence-corrected chi connectivity index (χ2v) is 3.91. The Morgan fingerprint density at radius 1 is 1.71 bits per heavy atom. The number of hydrazine groups is 1. The summed E-state index contributed by atoms with van der Waals surface area (Å²) in [5.41, 5.74) is 2.60. The molecule has 3 N–H and O–H groups in total. The molecule has 4 nitrogen and oxygen atoms in total. The molecule has 0 aliphatic heterocycles. The largest absolute Gasteiger partial charge is 0.340 e. The molecule has 0 aliphatic rings. The number of nitrogens with two attached hydrogens (primary N) is 1. The number of rotatable bonds is 3. The van der Waals surface area contributed by atoms with Crippen molar-refractivity contribution < 1.29 is 0 Å². The van der Waals surface area contributed by atoms with Crippen molar-refractivity contribution in [3.8, 4) is 0 Å². The fourth-order valence-corrected chi connectivity index (χ4v) is 1.89. The summed E-state index contributed by atoms with van der Waals surface area (Å²) in [6.45, 7) is 3.55. The Labute approximate surface area is 88.4 Å². The molecule has 0 radical (unpaired) electrons. The Morgan fingerprint density at radius 3 is 3.00 bits per heavy atom. The highest BCUT2D eigenvalue weighted by Crippen LogP contribution is 2.10. The van der Waals surface area contributed by atoms with E-state index in [9.17, 15) is 0 Å². The molecular formula is C9H16N4S. The van der Waals surface area contributed by atoms with E-state index in [2.05, 4.69) is 21.9 Å². The van der Waals surface area contributed by atoms with Crippen LogP contribution in [0.4, 0.5) is 0 Å². The second-order valence-electron chi connectivity index (χ2n) is 2.88. The molecule has 5 heteroatoms. The van der Waals surface area contributed by atoms with Gasteiger partial charge in [-0.3, -0.25) is 10.4 Å². The van der Waals surface area contributed by atoms with E-state index in [1.807, 2.05) is 24.9 Å². The molecule has 0 spiro atoms. The quantitative estimate of drug-likeness (QED) is 0.340. The van der Waals surface area contributed by atoms with Gasteiger partial charge in [-0.1, -0.05) is 6.07 Å². The van der Waals surface area contributed by atoms with Crippen LogP contribution < -0.4 is 11.3 Å². The minimum atomic E-state index is 0.723. The van der Waals surface area contributed by atoms with E-state index in [-0.39, 0.29) is 0 Å². The van der Waals surface area contributed by atoms with Gasteiger partial charge in [-0.25, -0.2) is 5.84 Å². The average molecular weight is 212 g/mol. The Balaban J connectivity index is 2.56. The number of nitrogens with zero attached hydrogens (tertiary/aromatic N) is 2. The van der Waals surface area contributed by atoms with Crippen molar-refractivity contribution in [3.05, 3.63) is 22.4 Å². The van der Waals surface area contributed by atoms with Crippen molar-refractivity contribution >= 4 is 17.3 Å². The zero-order chi connectivity index (χ0) is 10.4. The highest BCUT2D eigenvalue weighted by molar-refractivity contribution is 7.09. The summed E-state index contributed by atoms with van der Waals surface area (Å²) in [5, 5.41) is 2.07. The molecule has 0 saturated heterocycles. The normalized spacial score (nSPS) is 11.5. The predicted molar refractivity (Wildman–Crippen MR) is 61.1 cm³/mol. The van der Waals surface area contributed by atoms with E-state index in [0.717, 1.165) is 19.0 Å². The fraction of sp³-hybridized carbons (Fsp3) is 0.444. The highest BCUT2D eigenvalue weighted by atomic mass is 32.1. The van der Waals surface area contributed by atoms with Gasteiger partial charge in [-0.2, -0.15) is 0 Å². The van der Waals surface area contributed by atoms with Crippen LogP contribution in [-0.2, 0) is 6.54 Å². The summed E-state index contributed by atoms with van der Waals surface area (Å²) in [7, 11) is 1.97. The third-order valence-corrected chi connectivity index (χ3v) is 2.63. The van der Waals surface area contributed by atoms with Crippen LogP contribution in [0.5, 0.6) is 0 Å². The van der Waals surface area contributed by atoms with E-state index >= 15 is 0 Å². The Bertz CT molecular complexity index is 281. The van der Waals surface area contributed by atoms with Gasteiger partial charge in [0.05, 0.1) is 6.54 Å². The molecule has 0 fully saturated rings. The van der Waals surface area contributed by atoms with E-state index in [4.69, 9.17) is 5.84 Å². The van der Waals surface area contributed by atoms with Crippen molar-refractivity contribution in [1.29, 1.82) is 0 Å². The summed E-state index contributed by atoms with van der Waals surface area (Å²) in [6, 6.07) is 4.14. The number of aliphatic imine (C=N–C) groups is 1. The number of hydrogen-bond acceptors (Lipinski definition) is 3. The van der Waals surface area contributed by atoms with Crippen LogP contribution in [-0.4, -0.2) is 24.5 Å². The minimum absolute atomic E-state index is 0.723. The maximum atomic E-state index is 5.37. The van der Waals surface area contributed by atoms with E-state index < -0.39 is 0 Å². The molecule has 0 saturated carbocycles. The second kappa shape index (κ2) is 5.62. The first kappa shape index (κ1) is 11.0. The molecule has 14 heavy (non-hydrogen) atoms. The standard InChI is InChI=1S/C9H16N4S/c1-3-11-9(12-10)13(2)7-8-5-4-6-14-8/h4-6H,3,7,10H2,1-2H3,(H,11,12). The molecule has 1 rings (SSSR count). The third kappa shape index (κ3) is 3.01. The van der Waals surface area contributed by atoms with Gasteiger partial charge in [0.1, 0.15) is 0 Å². The van der Waals surface area contributed by atoms with Crippen LogP contribution in [0.15, 0.2) is 22.5 Å². The van der Waals surface area contributed by atoms with Crippen LogP contribution in [0, 0.1) is 0 Å². The van der Waals surface area contributed by atoms with Gasteiger partial charge >= 0.3 is 0 Å². The zero-order valence-electron chi connectivity index (χ0n) is 8.53. The van der Waals surface area contributed by atoms with Gasteiger partial charge in [0.25, 0.3) is 0 Å². The molecular weight excluding hydrogens is 196 g/mol. The maximum absolute atomic E-state index is 5.37. The maximum Gasteiger partial charge on any atom is 0.208 e. The SMILES string of the molecule is CCN=C(NN)N(C)Cc1cccs1. The van der Waals surface area contributed by atoms with Crippen LogP contribution >= 0.6 is 11.3 Å². The minimum Gasteiger partial charge on any atom is -0.340 e. The van der Waals surface area contributed by atoms with Crippen molar-refractivity contribution in [2.45, 2.75) is 13.5 Å². The van der Waals surface area contributed by atoms with Gasteiger partial charge in [-0.05, 0) is 18.4 Å². The lowest BCUT2D eigenvalue weighted by atomic mass is 10.4. The Morgan fingerprint density at radius 2 is 2.50 bits per heavy atom. The average Bonchev–Trinajstić information content (AvgIpc) is 2.66. The molecule has 0 aliphatic carbocycles. The lowest BCUT2D eigenvalue weighted by Crippen LogP contribution is -2.42. The first-order chi connectivity index (χ1) is 6.77. The summed E-state index contributed by atoms with van der Waals surface area (Å²) < 4.78 is 0. The molecule has 0 aromatic carbocycles. The molecule has 1 heterocycles. The van der Waals surface area contributed by atoms with Crippen LogP contribution in [0.3, 0.4) is 0 Å². The molecule has 0 bridgehead atoms. The molecule has 1 aromatic rings. The summed E-state index contributed by atoms with van der Waals surface area (Å²) in [6.07, 6.45) is 0. The van der Waals surface area contributed by atoms with Crippen LogP contribution in [0.2, 0.25) is 0 Å². The van der Waals surface area contributed by atoms with E-state index in [0.29, 0.717) is 0 Å². The Hall–Kier alpha value is -1.07.